The van der Waals surface area contributed by atoms with Crippen LogP contribution in [0.15, 0.2) is 54.0 Å². The molecule has 2 heterocycles. The minimum Gasteiger partial charge on any atom is -0.497 e. The van der Waals surface area contributed by atoms with Gasteiger partial charge in [0.2, 0.25) is 0 Å². The lowest BCUT2D eigenvalue weighted by atomic mass is 10.1. The predicted molar refractivity (Wildman–Crippen MR) is 99.4 cm³/mol. The zero-order chi connectivity index (χ0) is 19.0. The molecule has 0 atom stereocenters. The van der Waals surface area contributed by atoms with Gasteiger partial charge in [-0.05, 0) is 24.3 Å². The second-order valence-electron chi connectivity index (χ2n) is 5.71. The van der Waals surface area contributed by atoms with Gasteiger partial charge in [-0.3, -0.25) is 9.20 Å². The van der Waals surface area contributed by atoms with Crippen LogP contribution >= 0.6 is 11.3 Å². The lowest BCUT2D eigenvalue weighted by Crippen LogP contribution is -2.14. The minimum absolute atomic E-state index is 0.173. The van der Waals surface area contributed by atoms with Gasteiger partial charge in [-0.1, -0.05) is 12.1 Å². The molecule has 0 saturated heterocycles. The number of carbonyl (C=O) groups is 1. The van der Waals surface area contributed by atoms with Gasteiger partial charge in [0.15, 0.2) is 16.6 Å². The number of nitrogens with zero attached hydrogens (tertiary/aromatic N) is 2. The van der Waals surface area contributed by atoms with E-state index in [0.717, 1.165) is 17.7 Å². The van der Waals surface area contributed by atoms with Gasteiger partial charge in [-0.25, -0.2) is 13.8 Å². The van der Waals surface area contributed by atoms with Gasteiger partial charge in [-0.15, -0.1) is 11.3 Å². The minimum atomic E-state index is -1.02. The number of hydrogen-bond acceptors (Lipinski definition) is 4. The molecule has 4 rings (SSSR count). The molecule has 1 N–H and O–H groups in total. The number of ether oxygens (including phenoxy) is 1. The van der Waals surface area contributed by atoms with E-state index in [1.165, 1.54) is 17.4 Å². The van der Waals surface area contributed by atoms with Crippen LogP contribution in [0.25, 0.3) is 16.2 Å². The summed E-state index contributed by atoms with van der Waals surface area (Å²) in [5.41, 5.74) is 2.08. The first kappa shape index (κ1) is 17.2. The molecule has 0 unspecified atom stereocenters. The molecule has 0 saturated carbocycles. The Balaban J connectivity index is 1.65. The fourth-order valence-electron chi connectivity index (χ4n) is 2.64. The number of methoxy groups -OCH3 is 1. The third kappa shape index (κ3) is 3.26. The van der Waals surface area contributed by atoms with Crippen molar-refractivity contribution in [2.75, 3.05) is 12.4 Å². The molecule has 27 heavy (non-hydrogen) atoms. The van der Waals surface area contributed by atoms with E-state index in [9.17, 15) is 13.6 Å². The van der Waals surface area contributed by atoms with Crippen LogP contribution < -0.4 is 10.1 Å². The molecular formula is C19H13F2N3O2S. The molecule has 4 aromatic rings. The molecule has 0 spiro atoms. The molecule has 5 nitrogen and oxygen atoms in total. The number of anilines is 1. The first-order chi connectivity index (χ1) is 13.0. The van der Waals surface area contributed by atoms with E-state index in [1.807, 2.05) is 24.3 Å². The summed E-state index contributed by atoms with van der Waals surface area (Å²) in [5.74, 6) is -1.73. The first-order valence-corrected chi connectivity index (χ1v) is 8.80. The van der Waals surface area contributed by atoms with Gasteiger partial charge in [0.25, 0.3) is 5.91 Å². The summed E-state index contributed by atoms with van der Waals surface area (Å²) in [6.07, 6.45) is 1.75. The Kier molecular flexibility index (Phi) is 4.33. The largest absolute Gasteiger partial charge is 0.497 e. The van der Waals surface area contributed by atoms with Gasteiger partial charge in [0.1, 0.15) is 11.4 Å². The second kappa shape index (κ2) is 6.81. The quantitative estimate of drug-likeness (QED) is 0.559. The van der Waals surface area contributed by atoms with Crippen LogP contribution in [-0.4, -0.2) is 22.4 Å². The third-order valence-electron chi connectivity index (χ3n) is 3.98. The van der Waals surface area contributed by atoms with Gasteiger partial charge in [0.05, 0.1) is 12.8 Å². The van der Waals surface area contributed by atoms with E-state index in [-0.39, 0.29) is 5.69 Å². The maximum Gasteiger partial charge on any atom is 0.273 e. The summed E-state index contributed by atoms with van der Waals surface area (Å²) in [7, 11) is 1.59. The van der Waals surface area contributed by atoms with Crippen molar-refractivity contribution < 1.29 is 18.3 Å². The highest BCUT2D eigenvalue weighted by atomic mass is 32.1. The Labute approximate surface area is 156 Å². The molecule has 136 valence electrons. The van der Waals surface area contributed by atoms with Crippen molar-refractivity contribution in [3.8, 4) is 17.0 Å². The molecule has 0 aliphatic heterocycles. The van der Waals surface area contributed by atoms with Crippen LogP contribution in [0.5, 0.6) is 5.75 Å². The molecule has 0 radical (unpaired) electrons. The normalized spacial score (nSPS) is 10.9. The van der Waals surface area contributed by atoms with Crippen LogP contribution in [0.2, 0.25) is 0 Å². The number of hydrogen-bond donors (Lipinski definition) is 1. The van der Waals surface area contributed by atoms with Crippen molar-refractivity contribution in [2.24, 2.45) is 0 Å². The molecule has 2 aromatic carbocycles. The van der Waals surface area contributed by atoms with Crippen molar-refractivity contribution in [1.82, 2.24) is 9.38 Å². The summed E-state index contributed by atoms with van der Waals surface area (Å²) < 4.78 is 33.2. The maximum atomic E-state index is 13.3. The maximum absolute atomic E-state index is 13.3. The Morgan fingerprint density at radius 3 is 2.81 bits per heavy atom. The number of rotatable bonds is 4. The number of thiazole rings is 1. The highest BCUT2D eigenvalue weighted by molar-refractivity contribution is 7.15. The van der Waals surface area contributed by atoms with Gasteiger partial charge in [0, 0.05) is 28.9 Å². The van der Waals surface area contributed by atoms with E-state index in [0.29, 0.717) is 22.1 Å². The highest BCUT2D eigenvalue weighted by Gasteiger charge is 2.16. The number of imidazole rings is 1. The van der Waals surface area contributed by atoms with Crippen LogP contribution in [0.4, 0.5) is 14.5 Å². The summed E-state index contributed by atoms with van der Waals surface area (Å²) in [4.78, 5) is 17.7. The lowest BCUT2D eigenvalue weighted by Gasteiger charge is -2.05. The Morgan fingerprint density at radius 2 is 2.04 bits per heavy atom. The number of aromatic nitrogens is 2. The third-order valence-corrected chi connectivity index (χ3v) is 4.82. The summed E-state index contributed by atoms with van der Waals surface area (Å²) in [6, 6.07) is 10.7. The number of halogens is 2. The Bertz CT molecular complexity index is 1150. The van der Waals surface area contributed by atoms with E-state index in [4.69, 9.17) is 4.74 Å². The van der Waals surface area contributed by atoms with E-state index >= 15 is 0 Å². The van der Waals surface area contributed by atoms with Crippen molar-refractivity contribution in [1.29, 1.82) is 0 Å². The molecule has 8 heteroatoms. The predicted octanol–water partition coefficient (Wildman–Crippen LogP) is 4.60. The van der Waals surface area contributed by atoms with Crippen LogP contribution in [-0.2, 0) is 0 Å². The molecule has 1 amide bonds. The topological polar surface area (TPSA) is 55.6 Å². The molecule has 0 aliphatic rings. The molecule has 0 bridgehead atoms. The summed E-state index contributed by atoms with van der Waals surface area (Å²) >= 11 is 1.31. The van der Waals surface area contributed by atoms with Gasteiger partial charge < -0.3 is 10.1 Å². The zero-order valence-electron chi connectivity index (χ0n) is 14.1. The van der Waals surface area contributed by atoms with E-state index in [1.54, 1.807) is 23.1 Å². The number of fused-ring (bicyclic) bond motifs is 1. The average Bonchev–Trinajstić information content (AvgIpc) is 3.25. The fraction of sp³-hybridized carbons (Fsp3) is 0.0526. The summed E-state index contributed by atoms with van der Waals surface area (Å²) in [6.45, 7) is 0. The van der Waals surface area contributed by atoms with Gasteiger partial charge in [-0.2, -0.15) is 0 Å². The number of nitrogens with one attached hydrogen (secondary N) is 1. The molecule has 0 aliphatic carbocycles. The van der Waals surface area contributed by atoms with Crippen molar-refractivity contribution in [3.05, 3.63) is 71.4 Å². The van der Waals surface area contributed by atoms with Crippen LogP contribution in [0.1, 0.15) is 10.5 Å². The first-order valence-electron chi connectivity index (χ1n) is 7.92. The van der Waals surface area contributed by atoms with Crippen molar-refractivity contribution in [3.63, 3.8) is 0 Å². The van der Waals surface area contributed by atoms with Crippen LogP contribution in [0.3, 0.4) is 0 Å². The monoisotopic (exact) mass is 385 g/mol. The average molecular weight is 385 g/mol. The highest BCUT2D eigenvalue weighted by Crippen LogP contribution is 2.26. The summed E-state index contributed by atoms with van der Waals surface area (Å²) in [5, 5.41) is 4.22. The van der Waals surface area contributed by atoms with Crippen molar-refractivity contribution in [2.45, 2.75) is 0 Å². The van der Waals surface area contributed by atoms with E-state index < -0.39 is 17.5 Å². The Morgan fingerprint density at radius 1 is 1.19 bits per heavy atom. The van der Waals surface area contributed by atoms with Crippen LogP contribution in [0, 0.1) is 11.6 Å². The second-order valence-corrected chi connectivity index (χ2v) is 6.55. The Hall–Kier alpha value is -3.26. The van der Waals surface area contributed by atoms with Gasteiger partial charge >= 0.3 is 0 Å². The molecule has 0 fully saturated rings. The fourth-order valence-corrected chi connectivity index (χ4v) is 3.49. The lowest BCUT2D eigenvalue weighted by molar-refractivity contribution is 0.102. The molecule has 2 aromatic heterocycles. The number of amides is 1. The number of carbonyl (C=O) groups excluding carboxylic acids is 1. The number of benzene rings is 2. The molecular weight excluding hydrogens is 372 g/mol. The van der Waals surface area contributed by atoms with E-state index in [2.05, 4.69) is 10.3 Å². The SMILES string of the molecule is COc1cccc(-c2cn3c(C(=O)Nc4ccc(F)c(F)c4)csc3n2)c1. The standard InChI is InChI=1S/C19H13F2N3O2S/c1-26-13-4-2-3-11(7-13)16-9-24-17(10-27-19(24)23-16)18(25)22-12-5-6-14(20)15(21)8-12/h2-10H,1H3,(H,22,25). The zero-order valence-corrected chi connectivity index (χ0v) is 14.9. The van der Waals surface area contributed by atoms with Crippen molar-refractivity contribution >= 4 is 27.9 Å². The smallest absolute Gasteiger partial charge is 0.273 e.